The molecule has 1 atom stereocenters. The molecule has 4 nitrogen and oxygen atoms in total. The van der Waals surface area contributed by atoms with Crippen LogP contribution in [-0.2, 0) is 7.05 Å². The van der Waals surface area contributed by atoms with Gasteiger partial charge in [-0.15, -0.1) is 0 Å². The third-order valence-electron chi connectivity index (χ3n) is 2.19. The molecule has 1 heterocycles. The van der Waals surface area contributed by atoms with E-state index < -0.39 is 0 Å². The van der Waals surface area contributed by atoms with Crippen LogP contribution in [0.2, 0.25) is 0 Å². The van der Waals surface area contributed by atoms with Gasteiger partial charge in [0.05, 0.1) is 11.7 Å². The van der Waals surface area contributed by atoms with Crippen LogP contribution in [-0.4, -0.2) is 9.78 Å². The van der Waals surface area contributed by atoms with Gasteiger partial charge >= 0.3 is 0 Å². The summed E-state index contributed by atoms with van der Waals surface area (Å²) in [6, 6.07) is 2.11. The summed E-state index contributed by atoms with van der Waals surface area (Å²) in [4.78, 5) is 0. The van der Waals surface area contributed by atoms with E-state index in [2.05, 4.69) is 31.3 Å². The van der Waals surface area contributed by atoms with E-state index in [9.17, 15) is 0 Å². The second-order valence-corrected chi connectivity index (χ2v) is 4.35. The lowest BCUT2D eigenvalue weighted by atomic mass is 9.85. The van der Waals surface area contributed by atoms with Crippen molar-refractivity contribution >= 4 is 0 Å². The van der Waals surface area contributed by atoms with Crippen LogP contribution in [0.15, 0.2) is 12.3 Å². The highest BCUT2D eigenvalue weighted by molar-refractivity contribution is 5.09. The van der Waals surface area contributed by atoms with E-state index in [0.29, 0.717) is 0 Å². The number of hydrogen-bond donors (Lipinski definition) is 2. The van der Waals surface area contributed by atoms with Gasteiger partial charge in [-0.3, -0.25) is 16.0 Å². The molecular weight excluding hydrogens is 164 g/mol. The Labute approximate surface area is 79.1 Å². The summed E-state index contributed by atoms with van der Waals surface area (Å²) in [5.74, 6) is 5.53. The highest BCUT2D eigenvalue weighted by atomic mass is 15.3. The minimum atomic E-state index is 0.0859. The van der Waals surface area contributed by atoms with Crippen molar-refractivity contribution in [3.63, 3.8) is 0 Å². The minimum absolute atomic E-state index is 0.0859. The smallest absolute Gasteiger partial charge is 0.0677 e. The van der Waals surface area contributed by atoms with E-state index in [1.807, 2.05) is 17.8 Å². The molecule has 0 aliphatic rings. The van der Waals surface area contributed by atoms with Crippen LogP contribution < -0.4 is 11.3 Å². The number of aryl methyl sites for hydroxylation is 1. The minimum Gasteiger partial charge on any atom is -0.271 e. The van der Waals surface area contributed by atoms with Gasteiger partial charge < -0.3 is 0 Å². The zero-order chi connectivity index (χ0) is 10.1. The molecule has 4 heteroatoms. The first-order valence-electron chi connectivity index (χ1n) is 4.41. The van der Waals surface area contributed by atoms with E-state index in [0.717, 1.165) is 5.69 Å². The van der Waals surface area contributed by atoms with Crippen molar-refractivity contribution in [3.05, 3.63) is 18.0 Å². The van der Waals surface area contributed by atoms with Crippen LogP contribution in [0.1, 0.15) is 32.5 Å². The lowest BCUT2D eigenvalue weighted by Crippen LogP contribution is -2.38. The second-order valence-electron chi connectivity index (χ2n) is 4.35. The fourth-order valence-electron chi connectivity index (χ4n) is 1.45. The predicted octanol–water partition coefficient (Wildman–Crippen LogP) is 0.971. The first-order valence-corrected chi connectivity index (χ1v) is 4.41. The maximum Gasteiger partial charge on any atom is 0.0677 e. The van der Waals surface area contributed by atoms with Crippen LogP contribution in [0, 0.1) is 5.41 Å². The number of nitrogens with zero attached hydrogens (tertiary/aromatic N) is 2. The average Bonchev–Trinajstić information content (AvgIpc) is 2.35. The van der Waals surface area contributed by atoms with E-state index >= 15 is 0 Å². The average molecular weight is 182 g/mol. The van der Waals surface area contributed by atoms with Gasteiger partial charge in [0.2, 0.25) is 0 Å². The van der Waals surface area contributed by atoms with E-state index in [-0.39, 0.29) is 11.5 Å². The molecule has 3 N–H and O–H groups in total. The summed E-state index contributed by atoms with van der Waals surface area (Å²) >= 11 is 0. The SMILES string of the molecule is Cn1nccc1C(NN)C(C)(C)C. The van der Waals surface area contributed by atoms with Crippen LogP contribution >= 0.6 is 0 Å². The molecule has 0 aliphatic heterocycles. The van der Waals surface area contributed by atoms with Crippen LogP contribution in [0.25, 0.3) is 0 Å². The Morgan fingerprint density at radius 3 is 2.46 bits per heavy atom. The molecule has 13 heavy (non-hydrogen) atoms. The molecule has 0 fully saturated rings. The maximum absolute atomic E-state index is 5.53. The molecule has 0 saturated heterocycles. The summed E-state index contributed by atoms with van der Waals surface area (Å²) in [5.41, 5.74) is 4.02. The number of hydrogen-bond acceptors (Lipinski definition) is 3. The zero-order valence-corrected chi connectivity index (χ0v) is 8.70. The Morgan fingerprint density at radius 2 is 2.15 bits per heavy atom. The van der Waals surface area contributed by atoms with Gasteiger partial charge in [0.25, 0.3) is 0 Å². The second kappa shape index (κ2) is 3.47. The van der Waals surface area contributed by atoms with Gasteiger partial charge in [-0.25, -0.2) is 0 Å². The van der Waals surface area contributed by atoms with Gasteiger partial charge in [-0.2, -0.15) is 5.10 Å². The van der Waals surface area contributed by atoms with Gasteiger partial charge in [0, 0.05) is 13.2 Å². The van der Waals surface area contributed by atoms with Crippen molar-refractivity contribution in [2.75, 3.05) is 0 Å². The molecule has 1 aromatic heterocycles. The molecule has 0 spiro atoms. The highest BCUT2D eigenvalue weighted by Gasteiger charge is 2.26. The molecule has 1 unspecified atom stereocenters. The lowest BCUT2D eigenvalue weighted by molar-refractivity contribution is 0.263. The Balaban J connectivity index is 2.98. The Morgan fingerprint density at radius 1 is 1.54 bits per heavy atom. The molecule has 0 aromatic carbocycles. The lowest BCUT2D eigenvalue weighted by Gasteiger charge is -2.29. The monoisotopic (exact) mass is 182 g/mol. The summed E-state index contributed by atoms with van der Waals surface area (Å²) in [6.45, 7) is 6.43. The number of nitrogens with two attached hydrogens (primary N) is 1. The number of nitrogens with one attached hydrogen (secondary N) is 1. The first kappa shape index (κ1) is 10.2. The van der Waals surface area contributed by atoms with Gasteiger partial charge in [-0.05, 0) is 11.5 Å². The van der Waals surface area contributed by atoms with Crippen molar-refractivity contribution in [3.8, 4) is 0 Å². The van der Waals surface area contributed by atoms with Crippen molar-refractivity contribution in [2.45, 2.75) is 26.8 Å². The van der Waals surface area contributed by atoms with Crippen molar-refractivity contribution in [2.24, 2.45) is 18.3 Å². The van der Waals surface area contributed by atoms with Crippen LogP contribution in [0.5, 0.6) is 0 Å². The highest BCUT2D eigenvalue weighted by Crippen LogP contribution is 2.31. The largest absolute Gasteiger partial charge is 0.271 e. The molecule has 0 saturated carbocycles. The first-order chi connectivity index (χ1) is 5.96. The number of rotatable bonds is 2. The van der Waals surface area contributed by atoms with Gasteiger partial charge in [0.1, 0.15) is 0 Å². The predicted molar refractivity (Wildman–Crippen MR) is 52.7 cm³/mol. The normalized spacial score (nSPS) is 14.5. The molecule has 1 aromatic rings. The molecule has 0 radical (unpaired) electrons. The quantitative estimate of drug-likeness (QED) is 0.529. The molecule has 74 valence electrons. The summed E-state index contributed by atoms with van der Waals surface area (Å²) in [6.07, 6.45) is 1.78. The summed E-state index contributed by atoms with van der Waals surface area (Å²) in [5, 5.41) is 4.12. The topological polar surface area (TPSA) is 55.9 Å². The van der Waals surface area contributed by atoms with E-state index in [1.54, 1.807) is 6.20 Å². The van der Waals surface area contributed by atoms with E-state index in [1.165, 1.54) is 0 Å². The fourth-order valence-corrected chi connectivity index (χ4v) is 1.45. The maximum atomic E-state index is 5.53. The van der Waals surface area contributed by atoms with Crippen LogP contribution in [0.4, 0.5) is 0 Å². The Hall–Kier alpha value is -0.870. The molecular formula is C9H18N4. The summed E-state index contributed by atoms with van der Waals surface area (Å²) < 4.78 is 1.84. The van der Waals surface area contributed by atoms with Gasteiger partial charge in [0.15, 0.2) is 0 Å². The fraction of sp³-hybridized carbons (Fsp3) is 0.667. The standard InChI is InChI=1S/C9H18N4/c1-9(2,3)8(12-10)7-5-6-11-13(7)4/h5-6,8,12H,10H2,1-4H3. The molecule has 1 rings (SSSR count). The molecule has 0 aliphatic carbocycles. The van der Waals surface area contributed by atoms with Crippen molar-refractivity contribution < 1.29 is 0 Å². The van der Waals surface area contributed by atoms with Gasteiger partial charge in [-0.1, -0.05) is 20.8 Å². The van der Waals surface area contributed by atoms with E-state index in [4.69, 9.17) is 5.84 Å². The Bertz CT molecular complexity index is 271. The number of hydrazine groups is 1. The number of aromatic nitrogens is 2. The van der Waals surface area contributed by atoms with Crippen molar-refractivity contribution in [1.82, 2.24) is 15.2 Å². The third-order valence-corrected chi connectivity index (χ3v) is 2.19. The molecule has 0 bridgehead atoms. The van der Waals surface area contributed by atoms with Crippen molar-refractivity contribution in [1.29, 1.82) is 0 Å². The third kappa shape index (κ3) is 2.08. The van der Waals surface area contributed by atoms with Crippen LogP contribution in [0.3, 0.4) is 0 Å². The molecule has 0 amide bonds. The summed E-state index contributed by atoms with van der Waals surface area (Å²) in [7, 11) is 1.92. The zero-order valence-electron chi connectivity index (χ0n) is 8.70. The Kier molecular flexibility index (Phi) is 2.73.